The molecule has 17 rings (SSSR count). The monoisotopic (exact) mass is 1810 g/mol. The van der Waals surface area contributed by atoms with Gasteiger partial charge in [-0.3, -0.25) is 4.90 Å². The highest BCUT2D eigenvalue weighted by Gasteiger charge is 2.56. The van der Waals surface area contributed by atoms with Crippen LogP contribution in [0.2, 0.25) is 0 Å². The molecule has 3 unspecified atom stereocenters. The van der Waals surface area contributed by atoms with Gasteiger partial charge in [-0.2, -0.15) is 17.7 Å². The lowest BCUT2D eigenvalue weighted by Gasteiger charge is -2.45. The van der Waals surface area contributed by atoms with Crippen molar-refractivity contribution in [2.24, 2.45) is 11.8 Å². The van der Waals surface area contributed by atoms with E-state index in [1.807, 2.05) is 0 Å². The topological polar surface area (TPSA) is 4.44 Å². The third-order valence-corrected chi connectivity index (χ3v) is 29.2. The van der Waals surface area contributed by atoms with Crippen LogP contribution in [0.5, 0.6) is 0 Å². The van der Waals surface area contributed by atoms with Gasteiger partial charge >= 0.3 is 0 Å². The first-order chi connectivity index (χ1) is 58.3. The molecule has 0 saturated carbocycles. The molecular weight excluding hydrogens is 1770 g/mol. The Labute approximate surface area is 665 Å². The summed E-state index contributed by atoms with van der Waals surface area (Å²) in [5.74, 6) is -128. The Bertz CT molecular complexity index is 6760. The summed E-state index contributed by atoms with van der Waals surface area (Å²) in [4.78, 5) is 1.14. The van der Waals surface area contributed by atoms with Crippen LogP contribution < -0.4 is 22.6 Å². The molecule has 17 aromatic rings. The number of quaternary nitrogens is 1. The van der Waals surface area contributed by atoms with E-state index in [0.29, 0.717) is 11.6 Å². The van der Waals surface area contributed by atoms with Crippen LogP contribution in [-0.2, 0) is 0 Å². The van der Waals surface area contributed by atoms with E-state index < -0.39 is 381 Å². The van der Waals surface area contributed by atoms with E-state index in [1.165, 1.54) is 38.2 Å². The molecule has 0 fully saturated rings. The molecule has 0 aromatic heterocycles. The molecule has 0 aliphatic carbocycles. The standard InChI is InChI=1S/C20H33F2N.4C16F9.Al/c1-5-8-17(7-3)10-9-16(4)15-23(13-6-2)20-12-11-18(21)14-19(20)22;4*17-3-1-2-4-5-7(11(20)9(2)18)14(23)16(25)15(24)8(5)13(22)12(21)6(4)10(3)19;/h11-12,14,16-17H,5-10,13,15H2,1-4H3;;;;;/q;;;;;-1/p+1. The van der Waals surface area contributed by atoms with Gasteiger partial charge in [0.25, 0.3) is 13.1 Å². The van der Waals surface area contributed by atoms with Crippen LogP contribution in [0.4, 0.5) is 173 Å². The van der Waals surface area contributed by atoms with E-state index in [9.17, 15) is 8.78 Å². The summed E-state index contributed by atoms with van der Waals surface area (Å²) in [7, 11) is 0. The summed E-state index contributed by atoms with van der Waals surface area (Å²) in [6, 6.07) is 3.98. The van der Waals surface area contributed by atoms with Gasteiger partial charge in [-0.15, -0.1) is 0 Å². The van der Waals surface area contributed by atoms with Crippen molar-refractivity contribution >= 4 is 166 Å². The molecule has 0 heterocycles. The van der Waals surface area contributed by atoms with Gasteiger partial charge in [-0.1, -0.05) is 47.0 Å². The summed E-state index contributed by atoms with van der Waals surface area (Å²) in [5.41, 5.74) is 0.612. The molecule has 124 heavy (non-hydrogen) atoms. The molecule has 17 aromatic carbocycles. The van der Waals surface area contributed by atoms with Crippen LogP contribution in [0.3, 0.4) is 0 Å². The van der Waals surface area contributed by atoms with Gasteiger partial charge in [0.15, 0.2) is 198 Å². The van der Waals surface area contributed by atoms with E-state index in [1.54, 1.807) is 6.07 Å². The highest BCUT2D eigenvalue weighted by Crippen LogP contribution is 2.54. The zero-order valence-corrected chi connectivity index (χ0v) is 62.6. The van der Waals surface area contributed by atoms with E-state index in [0.717, 1.165) is 36.4 Å². The van der Waals surface area contributed by atoms with E-state index in [-0.39, 0.29) is 0 Å². The number of nitrogens with one attached hydrogen (secondary N) is 1. The fourth-order valence-electron chi connectivity index (χ4n) is 18.5. The second kappa shape index (κ2) is 29.4. The minimum absolute atomic E-state index is 0.418. The smallest absolute Gasteiger partial charge is 0.286 e. The largest absolute Gasteiger partial charge is 0.300 e. The van der Waals surface area contributed by atoms with Crippen LogP contribution in [-0.4, -0.2) is 26.2 Å². The molecule has 0 bridgehead atoms. The first kappa shape index (κ1) is 86.3. The second-order valence-corrected chi connectivity index (χ2v) is 33.8. The maximum Gasteiger partial charge on any atom is 0.286 e. The first-order valence-corrected chi connectivity index (χ1v) is 38.6. The molecule has 0 aliphatic rings. The lowest BCUT2D eigenvalue weighted by molar-refractivity contribution is -0.837. The van der Waals surface area contributed by atoms with Crippen molar-refractivity contribution in [3.8, 4) is 0 Å². The highest BCUT2D eigenvalue weighted by atomic mass is 27.2. The predicted octanol–water partition coefficient (Wildman–Crippen LogP) is 24.8. The number of halogens is 38. The van der Waals surface area contributed by atoms with Crippen LogP contribution in [0, 0.1) is 233 Å². The summed E-state index contributed by atoms with van der Waals surface area (Å²) >= 11 is -10.9. The Kier molecular flexibility index (Phi) is 20.5. The van der Waals surface area contributed by atoms with Crippen molar-refractivity contribution in [2.75, 3.05) is 13.1 Å². The summed E-state index contributed by atoms with van der Waals surface area (Å²) in [6.07, 6.45) is 7.25. The quantitative estimate of drug-likeness (QED) is 0.0452. The number of rotatable bonds is 15. The van der Waals surface area contributed by atoms with E-state index in [4.69, 9.17) is 0 Å². The molecule has 0 spiro atoms. The summed E-state index contributed by atoms with van der Waals surface area (Å²) < 4.78 is 633. The van der Waals surface area contributed by atoms with Crippen molar-refractivity contribution in [2.45, 2.75) is 66.2 Å². The van der Waals surface area contributed by atoms with Crippen LogP contribution in [0.25, 0.3) is 129 Å². The third-order valence-electron chi connectivity index (χ3n) is 23.6. The Morgan fingerprint density at radius 2 is 0.427 bits per heavy atom. The molecule has 1 N–H and O–H groups in total. The Balaban J connectivity index is 0.000000431. The fourth-order valence-corrected chi connectivity index (χ4v) is 25.1. The van der Waals surface area contributed by atoms with Gasteiger partial charge < -0.3 is 0 Å². The van der Waals surface area contributed by atoms with Crippen molar-refractivity contribution in [3.05, 3.63) is 239 Å². The van der Waals surface area contributed by atoms with Crippen molar-refractivity contribution in [3.63, 3.8) is 0 Å². The van der Waals surface area contributed by atoms with E-state index >= 15 is 158 Å². The van der Waals surface area contributed by atoms with Crippen LogP contribution >= 0.6 is 0 Å². The fraction of sp³-hybridized carbons (Fsp3) is 0.167. The molecule has 0 aliphatic heterocycles. The van der Waals surface area contributed by atoms with Gasteiger partial charge in [0.2, 0.25) is 0 Å². The molecule has 0 amide bonds. The Morgan fingerprint density at radius 1 is 0.226 bits per heavy atom. The average molecular weight is 1810 g/mol. The van der Waals surface area contributed by atoms with Crippen molar-refractivity contribution in [1.82, 2.24) is 0 Å². The van der Waals surface area contributed by atoms with Gasteiger partial charge in [0.1, 0.15) is 29.1 Å². The number of hydrogen-bond acceptors (Lipinski definition) is 0. The minimum atomic E-state index is -10.9. The minimum Gasteiger partial charge on any atom is -0.300 e. The molecule has 1 nitrogen and oxygen atoms in total. The molecule has 3 atom stereocenters. The van der Waals surface area contributed by atoms with Gasteiger partial charge in [-0.05, 0) is 52.8 Å². The maximum absolute atomic E-state index is 19.4. The zero-order valence-electron chi connectivity index (χ0n) is 61.5. The third kappa shape index (κ3) is 10.8. The Morgan fingerprint density at radius 3 is 0.629 bits per heavy atom. The predicted molar refractivity (Wildman–Crippen MR) is 377 cm³/mol. The molecular formula is C84H34AlF38N. The average Bonchev–Trinajstić information content (AvgIpc) is 0.645. The lowest BCUT2D eigenvalue weighted by Crippen LogP contribution is -3.08. The summed E-state index contributed by atoms with van der Waals surface area (Å²) in [6.45, 7) is 10.7. The molecule has 0 radical (unpaired) electrons. The summed E-state index contributed by atoms with van der Waals surface area (Å²) in [5, 5.41) is -70.8. The van der Waals surface area contributed by atoms with Crippen LogP contribution in [0.1, 0.15) is 66.2 Å². The lowest BCUT2D eigenvalue weighted by atomic mass is 9.90. The normalized spacial score (nSPS) is 13.4. The highest BCUT2D eigenvalue weighted by molar-refractivity contribution is 7.23. The molecule has 644 valence electrons. The van der Waals surface area contributed by atoms with Gasteiger partial charge in [0, 0.05) is 61.1 Å². The van der Waals surface area contributed by atoms with Gasteiger partial charge in [0.05, 0.1) is 77.7 Å². The van der Waals surface area contributed by atoms with E-state index in [2.05, 4.69) is 27.7 Å². The maximum atomic E-state index is 19.4. The van der Waals surface area contributed by atoms with Crippen molar-refractivity contribution in [1.29, 1.82) is 0 Å². The number of hydrogen-bond donors (Lipinski definition) is 1. The number of benzene rings is 17. The zero-order chi connectivity index (χ0) is 90.7. The van der Waals surface area contributed by atoms with Gasteiger partial charge in [-0.25, -0.2) is 167 Å². The van der Waals surface area contributed by atoms with Crippen molar-refractivity contribution < 1.29 is 172 Å². The second-order valence-electron chi connectivity index (χ2n) is 29.8. The SMILES string of the molecule is CCCC(CC)CCC(C)C[NH+](CCC)c1ccc(F)cc1F.Fc1c(F)c2c(F)c(F)c3c(F)c(F)[c]([Al-]([c]4c(F)c(F)c5c(F)c(F)c6c(F)c(F)c(F)c7c(F)c(F)c4c5c67)([c]4c(F)c(F)c5c(F)c(F)c6c(F)c(F)c(F)c7c(F)c(F)c4c5c67)[c]4c(F)c(F)c5c(F)c(F)c6c(F)c(F)c(F)c7c(F)c(F)c4c5c67)c4c(F)c(F)c(c1F)c2c34. The van der Waals surface area contributed by atoms with Crippen LogP contribution in [0.15, 0.2) is 18.2 Å². The molecule has 0 saturated heterocycles. The molecule has 40 heteroatoms. The Hall–Kier alpha value is -11.3. The first-order valence-electron chi connectivity index (χ1n) is 36.3.